The van der Waals surface area contributed by atoms with Crippen molar-refractivity contribution in [2.24, 2.45) is 0 Å². The lowest BCUT2D eigenvalue weighted by atomic mass is 9.98. The van der Waals surface area contributed by atoms with Crippen molar-refractivity contribution in [3.8, 4) is 0 Å². The maximum atomic E-state index is 12.8. The van der Waals surface area contributed by atoms with Crippen LogP contribution in [0.4, 0.5) is 0 Å². The molecule has 2 atom stereocenters. The fourth-order valence-corrected chi connectivity index (χ4v) is 3.54. The molecule has 1 amide bonds. The second-order valence-electron chi connectivity index (χ2n) is 5.64. The number of piperidine rings is 1. The molecule has 2 bridgehead atoms. The molecule has 2 unspecified atom stereocenters. The Morgan fingerprint density at radius 2 is 2.05 bits per heavy atom. The van der Waals surface area contributed by atoms with E-state index in [0.29, 0.717) is 30.6 Å². The molecular weight excluding hydrogens is 244 g/mol. The maximum absolute atomic E-state index is 12.8. The lowest BCUT2D eigenvalue weighted by molar-refractivity contribution is 0.0285. The van der Waals surface area contributed by atoms with Crippen molar-refractivity contribution < 1.29 is 14.4 Å². The summed E-state index contributed by atoms with van der Waals surface area (Å²) in [4.78, 5) is 14.7. The average Bonchev–Trinajstić information content (AvgIpc) is 2.87. The first-order chi connectivity index (χ1) is 9.11. The number of carbonyl (C=O) groups excluding carboxylic acids is 1. The van der Waals surface area contributed by atoms with Gasteiger partial charge in [0.1, 0.15) is 11.3 Å². The summed E-state index contributed by atoms with van der Waals surface area (Å²) in [5.74, 6) is 0.641. The van der Waals surface area contributed by atoms with Gasteiger partial charge in [-0.05, 0) is 39.0 Å². The van der Waals surface area contributed by atoms with E-state index in [1.807, 2.05) is 11.8 Å². The highest BCUT2D eigenvalue weighted by atomic mass is 16.5. The number of hydrogen-bond acceptors (Lipinski definition) is 4. The molecule has 3 rings (SSSR count). The van der Waals surface area contributed by atoms with Crippen LogP contribution in [0.15, 0.2) is 4.52 Å². The predicted molar refractivity (Wildman–Crippen MR) is 68.8 cm³/mol. The van der Waals surface area contributed by atoms with Crippen molar-refractivity contribution in [1.82, 2.24) is 10.1 Å². The zero-order valence-corrected chi connectivity index (χ0v) is 11.4. The SMILES string of the molecule is CCc1noc(C)c1C(=O)N1C2CCC1CC(O)C2. The van der Waals surface area contributed by atoms with Crippen molar-refractivity contribution in [1.29, 1.82) is 0 Å². The van der Waals surface area contributed by atoms with Gasteiger partial charge in [0.2, 0.25) is 0 Å². The number of hydrogen-bond donors (Lipinski definition) is 1. The summed E-state index contributed by atoms with van der Waals surface area (Å²) in [6, 6.07) is 0.362. The smallest absolute Gasteiger partial charge is 0.259 e. The molecule has 2 fully saturated rings. The Balaban J connectivity index is 1.90. The van der Waals surface area contributed by atoms with Crippen molar-refractivity contribution >= 4 is 5.91 Å². The van der Waals surface area contributed by atoms with Gasteiger partial charge in [0.25, 0.3) is 5.91 Å². The van der Waals surface area contributed by atoms with E-state index in [4.69, 9.17) is 4.52 Å². The van der Waals surface area contributed by atoms with Crippen molar-refractivity contribution in [2.45, 2.75) is 64.1 Å². The summed E-state index contributed by atoms with van der Waals surface area (Å²) in [7, 11) is 0. The molecule has 2 aliphatic rings. The van der Waals surface area contributed by atoms with Crippen LogP contribution < -0.4 is 0 Å². The molecule has 5 heteroatoms. The third-order valence-electron chi connectivity index (χ3n) is 4.42. The lowest BCUT2D eigenvalue weighted by Crippen LogP contribution is -2.48. The minimum atomic E-state index is -0.254. The summed E-state index contributed by atoms with van der Waals surface area (Å²) in [5.41, 5.74) is 1.38. The molecule has 1 aromatic heterocycles. The fourth-order valence-electron chi connectivity index (χ4n) is 3.54. The molecule has 5 nitrogen and oxygen atoms in total. The Labute approximate surface area is 112 Å². The molecule has 1 N–H and O–H groups in total. The number of nitrogens with zero attached hydrogens (tertiary/aromatic N) is 2. The summed E-state index contributed by atoms with van der Waals surface area (Å²) >= 11 is 0. The summed E-state index contributed by atoms with van der Waals surface area (Å²) in [5, 5.41) is 13.8. The van der Waals surface area contributed by atoms with E-state index in [9.17, 15) is 9.90 Å². The van der Waals surface area contributed by atoms with Gasteiger partial charge in [0.05, 0.1) is 11.8 Å². The molecule has 1 aromatic rings. The first-order valence-corrected chi connectivity index (χ1v) is 7.07. The normalized spacial score (nSPS) is 29.8. The fraction of sp³-hybridized carbons (Fsp3) is 0.714. The van der Waals surface area contributed by atoms with E-state index >= 15 is 0 Å². The van der Waals surface area contributed by atoms with Gasteiger partial charge < -0.3 is 14.5 Å². The Hall–Kier alpha value is -1.36. The predicted octanol–water partition coefficient (Wildman–Crippen LogP) is 1.67. The maximum Gasteiger partial charge on any atom is 0.259 e. The highest BCUT2D eigenvalue weighted by molar-refractivity contribution is 5.96. The van der Waals surface area contributed by atoms with Crippen LogP contribution in [0.5, 0.6) is 0 Å². The highest BCUT2D eigenvalue weighted by Crippen LogP contribution is 2.37. The standard InChI is InChI=1S/C14H20N2O3/c1-3-12-13(8(2)19-15-12)14(18)16-9-4-5-10(16)7-11(17)6-9/h9-11,17H,3-7H2,1-2H3. The summed E-state index contributed by atoms with van der Waals surface area (Å²) < 4.78 is 5.16. The van der Waals surface area contributed by atoms with E-state index in [2.05, 4.69) is 5.16 Å². The zero-order chi connectivity index (χ0) is 13.6. The van der Waals surface area contributed by atoms with Gasteiger partial charge in [-0.2, -0.15) is 0 Å². The summed E-state index contributed by atoms with van der Waals surface area (Å²) in [6.45, 7) is 3.77. The van der Waals surface area contributed by atoms with Crippen LogP contribution in [0.25, 0.3) is 0 Å². The van der Waals surface area contributed by atoms with E-state index in [1.165, 1.54) is 0 Å². The van der Waals surface area contributed by atoms with Crippen molar-refractivity contribution in [3.63, 3.8) is 0 Å². The third-order valence-corrected chi connectivity index (χ3v) is 4.42. The molecule has 2 aliphatic heterocycles. The number of aliphatic hydroxyl groups excluding tert-OH is 1. The molecule has 3 heterocycles. The molecule has 0 aliphatic carbocycles. The number of aryl methyl sites for hydroxylation is 2. The number of aromatic nitrogens is 1. The molecule has 19 heavy (non-hydrogen) atoms. The molecule has 104 valence electrons. The van der Waals surface area contributed by atoms with Crippen LogP contribution in [-0.4, -0.2) is 39.3 Å². The van der Waals surface area contributed by atoms with E-state index < -0.39 is 0 Å². The lowest BCUT2D eigenvalue weighted by Gasteiger charge is -2.37. The molecule has 0 aromatic carbocycles. The molecular formula is C14H20N2O3. The molecule has 0 saturated carbocycles. The highest BCUT2D eigenvalue weighted by Gasteiger charge is 2.44. The van der Waals surface area contributed by atoms with E-state index in [0.717, 1.165) is 18.5 Å². The Bertz CT molecular complexity index is 483. The summed E-state index contributed by atoms with van der Waals surface area (Å²) in [6.07, 6.45) is 3.85. The second kappa shape index (κ2) is 4.63. The first kappa shape index (κ1) is 12.7. The minimum absolute atomic E-state index is 0.0370. The van der Waals surface area contributed by atoms with Crippen molar-refractivity contribution in [2.75, 3.05) is 0 Å². The average molecular weight is 264 g/mol. The van der Waals surface area contributed by atoms with Crippen LogP contribution in [0.2, 0.25) is 0 Å². The van der Waals surface area contributed by atoms with Gasteiger partial charge in [0.15, 0.2) is 0 Å². The van der Waals surface area contributed by atoms with Crippen LogP contribution in [0.1, 0.15) is 54.4 Å². The van der Waals surface area contributed by atoms with Gasteiger partial charge in [-0.1, -0.05) is 12.1 Å². The monoisotopic (exact) mass is 264 g/mol. The quantitative estimate of drug-likeness (QED) is 0.882. The Morgan fingerprint density at radius 1 is 1.42 bits per heavy atom. The second-order valence-corrected chi connectivity index (χ2v) is 5.64. The van der Waals surface area contributed by atoms with Gasteiger partial charge >= 0.3 is 0 Å². The van der Waals surface area contributed by atoms with Gasteiger partial charge in [0, 0.05) is 12.1 Å². The molecule has 2 saturated heterocycles. The third kappa shape index (κ3) is 1.96. The number of rotatable bonds is 2. The van der Waals surface area contributed by atoms with Gasteiger partial charge in [-0.25, -0.2) is 0 Å². The largest absolute Gasteiger partial charge is 0.393 e. The van der Waals surface area contributed by atoms with Crippen LogP contribution in [0, 0.1) is 6.92 Å². The van der Waals surface area contributed by atoms with Gasteiger partial charge in [-0.3, -0.25) is 4.79 Å². The van der Waals surface area contributed by atoms with E-state index in [1.54, 1.807) is 6.92 Å². The first-order valence-electron chi connectivity index (χ1n) is 7.07. The molecule has 0 radical (unpaired) electrons. The minimum Gasteiger partial charge on any atom is -0.393 e. The zero-order valence-electron chi connectivity index (χ0n) is 11.4. The number of fused-ring (bicyclic) bond motifs is 2. The topological polar surface area (TPSA) is 66.6 Å². The van der Waals surface area contributed by atoms with Crippen LogP contribution in [0.3, 0.4) is 0 Å². The van der Waals surface area contributed by atoms with E-state index in [-0.39, 0.29) is 24.1 Å². The molecule has 0 spiro atoms. The number of aliphatic hydroxyl groups is 1. The Kier molecular flexibility index (Phi) is 3.09. The van der Waals surface area contributed by atoms with Crippen LogP contribution >= 0.6 is 0 Å². The Morgan fingerprint density at radius 3 is 2.63 bits per heavy atom. The number of amides is 1. The van der Waals surface area contributed by atoms with Crippen LogP contribution in [-0.2, 0) is 6.42 Å². The number of carbonyl (C=O) groups is 1. The van der Waals surface area contributed by atoms with Gasteiger partial charge in [-0.15, -0.1) is 0 Å². The van der Waals surface area contributed by atoms with Crippen molar-refractivity contribution in [3.05, 3.63) is 17.0 Å².